The van der Waals surface area contributed by atoms with Crippen LogP contribution in [0.15, 0.2) is 24.3 Å². The standard InChI is InChI=1S/C12H13NO3/c1-8(2)11-5-3-9-7-10(13(14)15)4-6-12(9)16-11/h3-8,11H,1-2H3/t11-/m1/s1. The summed E-state index contributed by atoms with van der Waals surface area (Å²) in [5.74, 6) is 1.10. The number of fused-ring (bicyclic) bond motifs is 1. The molecule has 0 aliphatic carbocycles. The number of nitro benzene ring substituents is 1. The van der Waals surface area contributed by atoms with Gasteiger partial charge in [0.15, 0.2) is 0 Å². The molecule has 0 fully saturated rings. The van der Waals surface area contributed by atoms with Crippen molar-refractivity contribution < 1.29 is 9.66 Å². The van der Waals surface area contributed by atoms with Crippen LogP contribution in [0.5, 0.6) is 5.75 Å². The van der Waals surface area contributed by atoms with Gasteiger partial charge in [-0.25, -0.2) is 0 Å². The number of nitro groups is 1. The molecule has 0 N–H and O–H groups in total. The van der Waals surface area contributed by atoms with E-state index in [4.69, 9.17) is 4.74 Å². The lowest BCUT2D eigenvalue weighted by atomic mass is 10.0. The van der Waals surface area contributed by atoms with Crippen molar-refractivity contribution in [2.45, 2.75) is 20.0 Å². The molecule has 0 saturated carbocycles. The fourth-order valence-corrected chi connectivity index (χ4v) is 1.63. The van der Waals surface area contributed by atoms with Gasteiger partial charge in [0.1, 0.15) is 11.9 Å². The first-order chi connectivity index (χ1) is 7.58. The van der Waals surface area contributed by atoms with Crippen molar-refractivity contribution >= 4 is 11.8 Å². The van der Waals surface area contributed by atoms with Crippen molar-refractivity contribution in [2.24, 2.45) is 5.92 Å². The Balaban J connectivity index is 2.33. The minimum Gasteiger partial charge on any atom is -0.485 e. The fourth-order valence-electron chi connectivity index (χ4n) is 1.63. The number of ether oxygens (including phenoxy) is 1. The Labute approximate surface area is 93.7 Å². The maximum atomic E-state index is 10.6. The summed E-state index contributed by atoms with van der Waals surface area (Å²) >= 11 is 0. The molecule has 1 aliphatic heterocycles. The highest BCUT2D eigenvalue weighted by Gasteiger charge is 2.19. The molecule has 4 heteroatoms. The third-order valence-electron chi connectivity index (χ3n) is 2.59. The molecular weight excluding hydrogens is 206 g/mol. The average molecular weight is 219 g/mol. The average Bonchev–Trinajstić information content (AvgIpc) is 2.27. The Kier molecular flexibility index (Phi) is 2.64. The van der Waals surface area contributed by atoms with Crippen LogP contribution in [-0.2, 0) is 0 Å². The molecule has 0 unspecified atom stereocenters. The third-order valence-corrected chi connectivity index (χ3v) is 2.59. The van der Waals surface area contributed by atoms with Crippen LogP contribution < -0.4 is 4.74 Å². The lowest BCUT2D eigenvalue weighted by Gasteiger charge is -2.23. The van der Waals surface area contributed by atoms with Gasteiger partial charge < -0.3 is 4.74 Å². The van der Waals surface area contributed by atoms with Gasteiger partial charge in [0.25, 0.3) is 5.69 Å². The normalized spacial score (nSPS) is 18.1. The van der Waals surface area contributed by atoms with Gasteiger partial charge in [-0.15, -0.1) is 0 Å². The molecular formula is C12H13NO3. The minimum atomic E-state index is -0.400. The lowest BCUT2D eigenvalue weighted by Crippen LogP contribution is -2.22. The molecule has 84 valence electrons. The van der Waals surface area contributed by atoms with E-state index in [2.05, 4.69) is 13.8 Å². The molecule has 0 amide bonds. The molecule has 0 radical (unpaired) electrons. The second kappa shape index (κ2) is 3.96. The SMILES string of the molecule is CC(C)[C@H]1C=Cc2cc([N+](=O)[O-])ccc2O1. The van der Waals surface area contributed by atoms with Gasteiger partial charge >= 0.3 is 0 Å². The molecule has 2 rings (SSSR count). The largest absolute Gasteiger partial charge is 0.485 e. The van der Waals surface area contributed by atoms with Crippen LogP contribution in [0.25, 0.3) is 6.08 Å². The summed E-state index contributed by atoms with van der Waals surface area (Å²) in [7, 11) is 0. The molecule has 16 heavy (non-hydrogen) atoms. The predicted molar refractivity (Wildman–Crippen MR) is 61.4 cm³/mol. The van der Waals surface area contributed by atoms with E-state index >= 15 is 0 Å². The van der Waals surface area contributed by atoms with Crippen molar-refractivity contribution in [3.8, 4) is 5.75 Å². The maximum absolute atomic E-state index is 10.6. The smallest absolute Gasteiger partial charge is 0.270 e. The highest BCUT2D eigenvalue weighted by molar-refractivity contribution is 5.63. The van der Waals surface area contributed by atoms with Crippen molar-refractivity contribution in [1.82, 2.24) is 0 Å². The van der Waals surface area contributed by atoms with Crippen LogP contribution in [0.4, 0.5) is 5.69 Å². The number of rotatable bonds is 2. The van der Waals surface area contributed by atoms with Crippen LogP contribution in [0, 0.1) is 16.0 Å². The Hall–Kier alpha value is -1.84. The van der Waals surface area contributed by atoms with Crippen molar-refractivity contribution in [3.63, 3.8) is 0 Å². The van der Waals surface area contributed by atoms with Crippen LogP contribution in [0.2, 0.25) is 0 Å². The highest BCUT2D eigenvalue weighted by atomic mass is 16.6. The number of hydrogen-bond donors (Lipinski definition) is 0. The number of hydrogen-bond acceptors (Lipinski definition) is 3. The molecule has 4 nitrogen and oxygen atoms in total. The summed E-state index contributed by atoms with van der Waals surface area (Å²) in [5.41, 5.74) is 0.862. The molecule has 0 bridgehead atoms. The van der Waals surface area contributed by atoms with Gasteiger partial charge in [0, 0.05) is 17.7 Å². The van der Waals surface area contributed by atoms with Gasteiger partial charge in [-0.2, -0.15) is 0 Å². The summed E-state index contributed by atoms with van der Waals surface area (Å²) in [6.45, 7) is 4.15. The molecule has 1 atom stereocenters. The number of nitrogens with zero attached hydrogens (tertiary/aromatic N) is 1. The zero-order chi connectivity index (χ0) is 11.7. The van der Waals surface area contributed by atoms with E-state index in [1.54, 1.807) is 6.07 Å². The van der Waals surface area contributed by atoms with Gasteiger partial charge in [0.05, 0.1) is 4.92 Å². The number of non-ortho nitro benzene ring substituents is 1. The quantitative estimate of drug-likeness (QED) is 0.567. The van der Waals surface area contributed by atoms with E-state index in [0.29, 0.717) is 11.7 Å². The lowest BCUT2D eigenvalue weighted by molar-refractivity contribution is -0.384. The Bertz CT molecular complexity index is 452. The second-order valence-corrected chi connectivity index (χ2v) is 4.16. The highest BCUT2D eigenvalue weighted by Crippen LogP contribution is 2.31. The van der Waals surface area contributed by atoms with Gasteiger partial charge in [0.2, 0.25) is 0 Å². The zero-order valence-electron chi connectivity index (χ0n) is 9.21. The van der Waals surface area contributed by atoms with Crippen molar-refractivity contribution in [3.05, 3.63) is 40.0 Å². The Morgan fingerprint density at radius 3 is 2.81 bits per heavy atom. The van der Waals surface area contributed by atoms with E-state index in [9.17, 15) is 10.1 Å². The topological polar surface area (TPSA) is 52.4 Å². The summed E-state index contributed by atoms with van der Waals surface area (Å²) < 4.78 is 5.72. The fraction of sp³-hybridized carbons (Fsp3) is 0.333. The summed E-state index contributed by atoms with van der Waals surface area (Å²) in [6.07, 6.45) is 3.88. The molecule has 0 spiro atoms. The maximum Gasteiger partial charge on any atom is 0.270 e. The molecule has 0 aromatic heterocycles. The molecule has 1 heterocycles. The monoisotopic (exact) mass is 219 g/mol. The van der Waals surface area contributed by atoms with E-state index in [1.165, 1.54) is 12.1 Å². The van der Waals surface area contributed by atoms with E-state index in [0.717, 1.165) is 5.56 Å². The van der Waals surface area contributed by atoms with E-state index < -0.39 is 4.92 Å². The molecule has 1 aliphatic rings. The van der Waals surface area contributed by atoms with Crippen molar-refractivity contribution in [1.29, 1.82) is 0 Å². The van der Waals surface area contributed by atoms with Crippen LogP contribution in [0.3, 0.4) is 0 Å². The van der Waals surface area contributed by atoms with Crippen LogP contribution in [-0.4, -0.2) is 11.0 Å². The summed E-state index contributed by atoms with van der Waals surface area (Å²) in [4.78, 5) is 10.2. The minimum absolute atomic E-state index is 0.0500. The van der Waals surface area contributed by atoms with Crippen LogP contribution >= 0.6 is 0 Å². The first-order valence-electron chi connectivity index (χ1n) is 5.21. The summed E-state index contributed by atoms with van der Waals surface area (Å²) in [5, 5.41) is 10.6. The predicted octanol–water partition coefficient (Wildman–Crippen LogP) is 3.03. The van der Waals surface area contributed by atoms with E-state index in [1.807, 2.05) is 12.2 Å². The first-order valence-corrected chi connectivity index (χ1v) is 5.21. The zero-order valence-corrected chi connectivity index (χ0v) is 9.21. The Morgan fingerprint density at radius 2 is 2.19 bits per heavy atom. The molecule has 1 aromatic carbocycles. The van der Waals surface area contributed by atoms with E-state index in [-0.39, 0.29) is 11.8 Å². The van der Waals surface area contributed by atoms with Crippen molar-refractivity contribution in [2.75, 3.05) is 0 Å². The number of benzene rings is 1. The van der Waals surface area contributed by atoms with Gasteiger partial charge in [-0.05, 0) is 18.1 Å². The third kappa shape index (κ3) is 1.91. The molecule has 0 saturated heterocycles. The van der Waals surface area contributed by atoms with Gasteiger partial charge in [-0.3, -0.25) is 10.1 Å². The first kappa shape index (κ1) is 10.7. The molecule has 1 aromatic rings. The summed E-state index contributed by atoms with van der Waals surface area (Å²) in [6, 6.07) is 4.66. The van der Waals surface area contributed by atoms with Gasteiger partial charge in [-0.1, -0.05) is 19.9 Å². The second-order valence-electron chi connectivity index (χ2n) is 4.16. The Morgan fingerprint density at radius 1 is 1.44 bits per heavy atom. The van der Waals surface area contributed by atoms with Crippen LogP contribution in [0.1, 0.15) is 19.4 Å².